The number of hydrogen-bond donors (Lipinski definition) is 0. The van der Waals surface area contributed by atoms with E-state index >= 15 is 0 Å². The largest absolute Gasteiger partial charge is 0.298 e. The fraction of sp³-hybridized carbons (Fsp3) is 0.250. The number of benzene rings is 2. The predicted octanol–water partition coefficient (Wildman–Crippen LogP) is 4.50. The number of rotatable bonds is 4. The van der Waals surface area contributed by atoms with E-state index in [9.17, 15) is 4.79 Å². The van der Waals surface area contributed by atoms with Gasteiger partial charge in [0, 0.05) is 12.2 Å². The molecule has 30 heavy (non-hydrogen) atoms. The van der Waals surface area contributed by atoms with Crippen molar-refractivity contribution in [3.63, 3.8) is 0 Å². The highest BCUT2D eigenvalue weighted by Crippen LogP contribution is 2.28. The Bertz CT molecular complexity index is 1460. The first-order valence-corrected chi connectivity index (χ1v) is 10.3. The maximum absolute atomic E-state index is 13.4. The maximum atomic E-state index is 13.4. The second-order valence-electron chi connectivity index (χ2n) is 8.04. The fourth-order valence-electron chi connectivity index (χ4n) is 3.96. The van der Waals surface area contributed by atoms with Crippen molar-refractivity contribution in [2.24, 2.45) is 5.92 Å². The average Bonchev–Trinajstić information content (AvgIpc) is 3.07. The summed E-state index contributed by atoms with van der Waals surface area (Å²) in [6.07, 6.45) is 2.57. The normalized spacial score (nSPS) is 11.9. The van der Waals surface area contributed by atoms with Crippen LogP contribution in [0.25, 0.3) is 38.9 Å². The average molecular weight is 397 g/mol. The lowest BCUT2D eigenvalue weighted by Gasteiger charge is -2.10. The molecule has 0 aliphatic rings. The molecule has 0 saturated carbocycles. The van der Waals surface area contributed by atoms with Crippen LogP contribution in [-0.2, 0) is 13.0 Å². The van der Waals surface area contributed by atoms with E-state index in [0.29, 0.717) is 34.7 Å². The Morgan fingerprint density at radius 1 is 0.967 bits per heavy atom. The number of aromatic nitrogens is 5. The number of fused-ring (bicyclic) bond motifs is 4. The quantitative estimate of drug-likeness (QED) is 0.448. The van der Waals surface area contributed by atoms with E-state index in [0.717, 1.165) is 23.1 Å². The van der Waals surface area contributed by atoms with Gasteiger partial charge in [0.25, 0.3) is 5.56 Å². The standard InChI is InChI=1S/C24H23N5O/c1-4-16-8-7-9-17(12-16)29-22-20(24(30)28(14-25-22)13-15(2)3)21-23(29)27-19-11-6-5-10-18(19)26-21/h5-12,14-15H,4,13H2,1-3H3. The summed E-state index contributed by atoms with van der Waals surface area (Å²) >= 11 is 0. The van der Waals surface area contributed by atoms with Crippen molar-refractivity contribution in [3.8, 4) is 5.69 Å². The molecule has 5 rings (SSSR count). The zero-order chi connectivity index (χ0) is 20.8. The molecule has 0 saturated heterocycles. The Morgan fingerprint density at radius 2 is 1.73 bits per heavy atom. The zero-order valence-corrected chi connectivity index (χ0v) is 17.3. The van der Waals surface area contributed by atoms with Crippen LogP contribution < -0.4 is 5.56 Å². The third-order valence-electron chi connectivity index (χ3n) is 5.37. The number of aryl methyl sites for hydroxylation is 1. The van der Waals surface area contributed by atoms with Gasteiger partial charge in [0.2, 0.25) is 0 Å². The van der Waals surface area contributed by atoms with Crippen molar-refractivity contribution >= 4 is 33.2 Å². The van der Waals surface area contributed by atoms with Gasteiger partial charge in [-0.3, -0.25) is 13.9 Å². The van der Waals surface area contributed by atoms with E-state index < -0.39 is 0 Å². The van der Waals surface area contributed by atoms with Crippen molar-refractivity contribution in [1.29, 1.82) is 0 Å². The molecule has 0 bridgehead atoms. The molecule has 3 aromatic heterocycles. The molecule has 0 unspecified atom stereocenters. The molecule has 150 valence electrons. The second kappa shape index (κ2) is 7.06. The van der Waals surface area contributed by atoms with Gasteiger partial charge >= 0.3 is 0 Å². The van der Waals surface area contributed by atoms with Crippen LogP contribution in [0.3, 0.4) is 0 Å². The smallest absolute Gasteiger partial charge is 0.265 e. The number of nitrogens with zero attached hydrogens (tertiary/aromatic N) is 5. The Kier molecular flexibility index (Phi) is 4.35. The van der Waals surface area contributed by atoms with Crippen LogP contribution in [-0.4, -0.2) is 24.1 Å². The van der Waals surface area contributed by atoms with E-state index in [1.165, 1.54) is 5.56 Å². The van der Waals surface area contributed by atoms with Gasteiger partial charge in [-0.25, -0.2) is 15.0 Å². The first-order chi connectivity index (χ1) is 14.6. The Morgan fingerprint density at radius 3 is 2.47 bits per heavy atom. The van der Waals surface area contributed by atoms with Crippen molar-refractivity contribution in [1.82, 2.24) is 24.1 Å². The Hall–Kier alpha value is -3.54. The van der Waals surface area contributed by atoms with Crippen LogP contribution in [0.15, 0.2) is 59.7 Å². The molecule has 0 atom stereocenters. The molecule has 0 aliphatic heterocycles. The summed E-state index contributed by atoms with van der Waals surface area (Å²) in [6, 6.07) is 16.0. The van der Waals surface area contributed by atoms with Crippen molar-refractivity contribution in [2.45, 2.75) is 33.7 Å². The first-order valence-electron chi connectivity index (χ1n) is 10.3. The zero-order valence-electron chi connectivity index (χ0n) is 17.3. The number of hydrogen-bond acceptors (Lipinski definition) is 4. The minimum absolute atomic E-state index is 0.0753. The number of para-hydroxylation sites is 2. The molecular formula is C24H23N5O. The summed E-state index contributed by atoms with van der Waals surface area (Å²) < 4.78 is 3.64. The summed E-state index contributed by atoms with van der Waals surface area (Å²) in [6.45, 7) is 6.91. The van der Waals surface area contributed by atoms with Crippen LogP contribution in [0.2, 0.25) is 0 Å². The SMILES string of the molecule is CCc1cccc(-n2c3nc4ccccc4nc3c3c(=O)n(CC(C)C)cnc32)c1. The Balaban J connectivity index is 1.95. The summed E-state index contributed by atoms with van der Waals surface area (Å²) in [4.78, 5) is 27.9. The van der Waals surface area contributed by atoms with Crippen LogP contribution in [0.4, 0.5) is 0 Å². The van der Waals surface area contributed by atoms with Crippen LogP contribution in [0.5, 0.6) is 0 Å². The molecule has 0 aliphatic carbocycles. The van der Waals surface area contributed by atoms with Crippen molar-refractivity contribution in [2.75, 3.05) is 0 Å². The molecule has 0 spiro atoms. The van der Waals surface area contributed by atoms with Crippen LogP contribution in [0, 0.1) is 5.92 Å². The molecule has 0 amide bonds. The van der Waals surface area contributed by atoms with Crippen LogP contribution in [0.1, 0.15) is 26.3 Å². The van der Waals surface area contributed by atoms with Crippen LogP contribution >= 0.6 is 0 Å². The lowest BCUT2D eigenvalue weighted by Crippen LogP contribution is -2.23. The van der Waals surface area contributed by atoms with Crippen molar-refractivity contribution in [3.05, 3.63) is 70.8 Å². The third kappa shape index (κ3) is 2.87. The maximum Gasteiger partial charge on any atom is 0.265 e. The molecule has 0 radical (unpaired) electrons. The predicted molar refractivity (Wildman–Crippen MR) is 120 cm³/mol. The van der Waals surface area contributed by atoms with Gasteiger partial charge < -0.3 is 0 Å². The minimum atomic E-state index is -0.0753. The van der Waals surface area contributed by atoms with Gasteiger partial charge in [-0.2, -0.15) is 0 Å². The van der Waals surface area contributed by atoms with E-state index in [-0.39, 0.29) is 5.56 Å². The summed E-state index contributed by atoms with van der Waals surface area (Å²) in [5.74, 6) is 0.337. The molecule has 6 nitrogen and oxygen atoms in total. The summed E-state index contributed by atoms with van der Waals surface area (Å²) in [7, 11) is 0. The van der Waals surface area contributed by atoms with Gasteiger partial charge in [-0.15, -0.1) is 0 Å². The molecule has 2 aromatic carbocycles. The molecule has 6 heteroatoms. The van der Waals surface area contributed by atoms with E-state index in [2.05, 4.69) is 32.9 Å². The second-order valence-corrected chi connectivity index (χ2v) is 8.04. The summed E-state index contributed by atoms with van der Waals surface area (Å²) in [5.41, 5.74) is 5.49. The molecular weight excluding hydrogens is 374 g/mol. The fourth-order valence-corrected chi connectivity index (χ4v) is 3.96. The summed E-state index contributed by atoms with van der Waals surface area (Å²) in [5, 5.41) is 0.522. The Labute approximate surface area is 173 Å². The molecule has 0 N–H and O–H groups in total. The first kappa shape index (κ1) is 18.5. The highest BCUT2D eigenvalue weighted by molar-refractivity contribution is 6.05. The van der Waals surface area contributed by atoms with E-state index in [1.807, 2.05) is 41.0 Å². The van der Waals surface area contributed by atoms with Crippen molar-refractivity contribution < 1.29 is 0 Å². The molecule has 3 heterocycles. The highest BCUT2D eigenvalue weighted by atomic mass is 16.1. The van der Waals surface area contributed by atoms with Gasteiger partial charge in [0.15, 0.2) is 11.3 Å². The molecule has 5 aromatic rings. The van der Waals surface area contributed by atoms with Gasteiger partial charge in [-0.05, 0) is 42.2 Å². The highest BCUT2D eigenvalue weighted by Gasteiger charge is 2.21. The lowest BCUT2D eigenvalue weighted by molar-refractivity contribution is 0.508. The molecule has 0 fully saturated rings. The van der Waals surface area contributed by atoms with Gasteiger partial charge in [-0.1, -0.05) is 45.0 Å². The monoisotopic (exact) mass is 397 g/mol. The van der Waals surface area contributed by atoms with Gasteiger partial charge in [0.1, 0.15) is 10.9 Å². The van der Waals surface area contributed by atoms with E-state index in [4.69, 9.17) is 15.0 Å². The minimum Gasteiger partial charge on any atom is -0.298 e. The lowest BCUT2D eigenvalue weighted by atomic mass is 10.1. The van der Waals surface area contributed by atoms with Gasteiger partial charge in [0.05, 0.1) is 17.4 Å². The third-order valence-corrected chi connectivity index (χ3v) is 5.37. The van der Waals surface area contributed by atoms with E-state index in [1.54, 1.807) is 10.9 Å². The topological polar surface area (TPSA) is 65.6 Å².